The number of hydrazine groups is 1. The van der Waals surface area contributed by atoms with E-state index in [1.165, 1.54) is 0 Å². The number of halogens is 4. The molecule has 0 fully saturated rings. The first-order chi connectivity index (χ1) is 8.94. The third-order valence-electron chi connectivity index (χ3n) is 2.82. The van der Waals surface area contributed by atoms with E-state index in [4.69, 9.17) is 5.84 Å². The number of rotatable bonds is 12. The van der Waals surface area contributed by atoms with E-state index in [0.717, 1.165) is 32.1 Å². The zero-order chi connectivity index (χ0) is 14.7. The average Bonchev–Trinajstić information content (AvgIpc) is 2.36. The van der Waals surface area contributed by atoms with Crippen molar-refractivity contribution in [3.05, 3.63) is 0 Å². The molecule has 0 aromatic heterocycles. The monoisotopic (exact) mass is 288 g/mol. The Bertz CT molecular complexity index is 218. The first-order valence-electron chi connectivity index (χ1n) is 6.63. The van der Waals surface area contributed by atoms with Crippen LogP contribution >= 0.6 is 0 Å². The van der Waals surface area contributed by atoms with Gasteiger partial charge in [0.05, 0.1) is 6.61 Å². The minimum Gasteiger partial charge on any atom is -0.373 e. The molecule has 116 valence electrons. The van der Waals surface area contributed by atoms with Crippen LogP contribution in [0.4, 0.5) is 17.6 Å². The number of alkyl halides is 4. The number of nitrogens with two attached hydrogens (primary N) is 1. The summed E-state index contributed by atoms with van der Waals surface area (Å²) >= 11 is 0. The number of ether oxygens (including phenoxy) is 1. The van der Waals surface area contributed by atoms with Gasteiger partial charge < -0.3 is 4.74 Å². The van der Waals surface area contributed by atoms with E-state index in [9.17, 15) is 17.6 Å². The van der Waals surface area contributed by atoms with Crippen LogP contribution in [0.25, 0.3) is 0 Å². The molecule has 19 heavy (non-hydrogen) atoms. The fourth-order valence-electron chi connectivity index (χ4n) is 1.61. The van der Waals surface area contributed by atoms with Crippen LogP contribution in [-0.4, -0.2) is 31.6 Å². The molecule has 3 N–H and O–H groups in total. The molecule has 0 bridgehead atoms. The minimum absolute atomic E-state index is 0.0907. The summed E-state index contributed by atoms with van der Waals surface area (Å²) in [6, 6.07) is -0.282. The summed E-state index contributed by atoms with van der Waals surface area (Å²) in [5.41, 5.74) is 2.45. The van der Waals surface area contributed by atoms with Gasteiger partial charge in [0.2, 0.25) is 0 Å². The molecular formula is C12H24F4N2O. The van der Waals surface area contributed by atoms with Crippen molar-refractivity contribution in [1.82, 2.24) is 5.43 Å². The summed E-state index contributed by atoms with van der Waals surface area (Å²) in [7, 11) is 0. The summed E-state index contributed by atoms with van der Waals surface area (Å²) in [6.07, 6.45) is 2.36. The Kier molecular flexibility index (Phi) is 10.2. The molecule has 1 unspecified atom stereocenters. The highest BCUT2D eigenvalue weighted by Crippen LogP contribution is 2.22. The van der Waals surface area contributed by atoms with Gasteiger partial charge in [-0.15, -0.1) is 0 Å². The third-order valence-corrected chi connectivity index (χ3v) is 2.82. The maximum absolute atomic E-state index is 12.6. The molecule has 0 heterocycles. The van der Waals surface area contributed by atoms with E-state index in [1.807, 2.05) is 0 Å². The number of unbranched alkanes of at least 4 members (excludes halogenated alkanes) is 4. The maximum Gasteiger partial charge on any atom is 0.330 e. The zero-order valence-electron chi connectivity index (χ0n) is 11.3. The van der Waals surface area contributed by atoms with Crippen LogP contribution in [-0.2, 0) is 4.74 Å². The molecule has 0 saturated carbocycles. The molecule has 0 aliphatic carbocycles. The molecular weight excluding hydrogens is 264 g/mol. The molecule has 0 rings (SSSR count). The highest BCUT2D eigenvalue weighted by Gasteiger charge is 2.41. The number of nitrogens with one attached hydrogen (secondary N) is 1. The minimum atomic E-state index is -4.10. The summed E-state index contributed by atoms with van der Waals surface area (Å²) in [5, 5.41) is 0. The van der Waals surface area contributed by atoms with Crippen molar-refractivity contribution in [3.8, 4) is 0 Å². The Hall–Kier alpha value is -0.400. The summed E-state index contributed by atoms with van der Waals surface area (Å²) in [6.45, 7) is 0.743. The summed E-state index contributed by atoms with van der Waals surface area (Å²) < 4.78 is 53.5. The normalized spacial score (nSPS) is 14.1. The fraction of sp³-hybridized carbons (Fsp3) is 1.00. The Morgan fingerprint density at radius 1 is 1.16 bits per heavy atom. The highest BCUT2D eigenvalue weighted by molar-refractivity contribution is 4.69. The van der Waals surface area contributed by atoms with Gasteiger partial charge in [0.1, 0.15) is 6.61 Å². The molecule has 0 aromatic carbocycles. The van der Waals surface area contributed by atoms with Gasteiger partial charge in [-0.05, 0) is 6.42 Å². The van der Waals surface area contributed by atoms with Gasteiger partial charge >= 0.3 is 12.3 Å². The zero-order valence-corrected chi connectivity index (χ0v) is 11.3. The largest absolute Gasteiger partial charge is 0.373 e. The van der Waals surface area contributed by atoms with Crippen molar-refractivity contribution in [2.45, 2.75) is 63.8 Å². The molecule has 0 aromatic rings. The molecule has 1 atom stereocenters. The van der Waals surface area contributed by atoms with Gasteiger partial charge in [0.15, 0.2) is 0 Å². The molecule has 0 aliphatic heterocycles. The molecule has 0 spiro atoms. The summed E-state index contributed by atoms with van der Waals surface area (Å²) in [4.78, 5) is 0. The third kappa shape index (κ3) is 9.18. The van der Waals surface area contributed by atoms with Gasteiger partial charge in [-0.2, -0.15) is 8.78 Å². The van der Waals surface area contributed by atoms with Gasteiger partial charge in [-0.25, -0.2) is 8.78 Å². The van der Waals surface area contributed by atoms with Crippen LogP contribution in [0.1, 0.15) is 45.4 Å². The van der Waals surface area contributed by atoms with Crippen molar-refractivity contribution in [2.24, 2.45) is 5.84 Å². The maximum atomic E-state index is 12.6. The predicted molar refractivity (Wildman–Crippen MR) is 66.3 cm³/mol. The number of hydrogen-bond donors (Lipinski definition) is 2. The first kappa shape index (κ1) is 18.6. The van der Waals surface area contributed by atoms with Crippen LogP contribution in [0, 0.1) is 0 Å². The second-order valence-corrected chi connectivity index (χ2v) is 4.64. The Morgan fingerprint density at radius 2 is 1.79 bits per heavy atom. The molecule has 3 nitrogen and oxygen atoms in total. The van der Waals surface area contributed by atoms with E-state index < -0.39 is 19.0 Å². The second kappa shape index (κ2) is 10.4. The lowest BCUT2D eigenvalue weighted by molar-refractivity contribution is -0.167. The highest BCUT2D eigenvalue weighted by atomic mass is 19.3. The Labute approximate surface area is 111 Å². The SMILES string of the molecule is CCCCCCCC(COCC(F)(F)C(F)F)NN. The van der Waals surface area contributed by atoms with E-state index in [-0.39, 0.29) is 12.6 Å². The van der Waals surface area contributed by atoms with E-state index >= 15 is 0 Å². The fourth-order valence-corrected chi connectivity index (χ4v) is 1.61. The molecule has 0 amide bonds. The van der Waals surface area contributed by atoms with Crippen molar-refractivity contribution in [2.75, 3.05) is 13.2 Å². The van der Waals surface area contributed by atoms with Crippen LogP contribution < -0.4 is 11.3 Å². The lowest BCUT2D eigenvalue weighted by atomic mass is 10.1. The quantitative estimate of drug-likeness (QED) is 0.251. The van der Waals surface area contributed by atoms with Crippen LogP contribution in [0.5, 0.6) is 0 Å². The lowest BCUT2D eigenvalue weighted by Crippen LogP contribution is -2.40. The summed E-state index contributed by atoms with van der Waals surface area (Å²) in [5.74, 6) is 1.16. The average molecular weight is 288 g/mol. The van der Waals surface area contributed by atoms with Crippen molar-refractivity contribution in [3.63, 3.8) is 0 Å². The van der Waals surface area contributed by atoms with Crippen molar-refractivity contribution >= 4 is 0 Å². The van der Waals surface area contributed by atoms with Crippen LogP contribution in [0.3, 0.4) is 0 Å². The Balaban J connectivity index is 3.70. The van der Waals surface area contributed by atoms with Gasteiger partial charge in [-0.3, -0.25) is 11.3 Å². The first-order valence-corrected chi connectivity index (χ1v) is 6.63. The lowest BCUT2D eigenvalue weighted by Gasteiger charge is -2.19. The molecule has 0 aliphatic rings. The molecule has 0 radical (unpaired) electrons. The van der Waals surface area contributed by atoms with E-state index in [2.05, 4.69) is 17.1 Å². The predicted octanol–water partition coefficient (Wildman–Crippen LogP) is 3.10. The second-order valence-electron chi connectivity index (χ2n) is 4.64. The van der Waals surface area contributed by atoms with Crippen LogP contribution in [0.2, 0.25) is 0 Å². The van der Waals surface area contributed by atoms with Crippen LogP contribution in [0.15, 0.2) is 0 Å². The Morgan fingerprint density at radius 3 is 2.32 bits per heavy atom. The van der Waals surface area contributed by atoms with Crippen molar-refractivity contribution in [1.29, 1.82) is 0 Å². The van der Waals surface area contributed by atoms with Gasteiger partial charge in [0.25, 0.3) is 0 Å². The van der Waals surface area contributed by atoms with Gasteiger partial charge in [-0.1, -0.05) is 39.0 Å². The standard InChI is InChI=1S/C12H24F4N2O/c1-2-3-4-5-6-7-10(18-17)8-19-9-12(15,16)11(13)14/h10-11,18H,2-9,17H2,1H3. The van der Waals surface area contributed by atoms with E-state index in [1.54, 1.807) is 0 Å². The number of hydrogen-bond acceptors (Lipinski definition) is 3. The molecule has 7 heteroatoms. The van der Waals surface area contributed by atoms with Gasteiger partial charge in [0, 0.05) is 6.04 Å². The van der Waals surface area contributed by atoms with Crippen molar-refractivity contribution < 1.29 is 22.3 Å². The molecule has 0 saturated heterocycles. The topological polar surface area (TPSA) is 47.3 Å². The van der Waals surface area contributed by atoms with E-state index in [0.29, 0.717) is 6.42 Å². The smallest absolute Gasteiger partial charge is 0.330 e.